The Labute approximate surface area is 198 Å². The fraction of sp³-hybridized carbons (Fsp3) is 0.609. The largest absolute Gasteiger partial charge is 0.342 e. The SMILES string of the molecule is CCN(CC)C(=O)CN(C)C(=O)[C@@H](NC(=O)c1cccc(S(=O)(=O)N(CC)CC)c1)C(C)C. The summed E-state index contributed by atoms with van der Waals surface area (Å²) < 4.78 is 26.9. The van der Waals surface area contributed by atoms with E-state index in [0.29, 0.717) is 26.2 Å². The molecule has 1 rings (SSSR count). The lowest BCUT2D eigenvalue weighted by molar-refractivity contribution is -0.140. The second kappa shape index (κ2) is 12.7. The Bertz CT molecular complexity index is 925. The van der Waals surface area contributed by atoms with Crippen LogP contribution in [-0.2, 0) is 19.6 Å². The van der Waals surface area contributed by atoms with Crippen molar-refractivity contribution < 1.29 is 22.8 Å². The standard InChI is InChI=1S/C23H38N4O5S/c1-8-26(9-2)20(28)16-25(7)23(30)21(17(5)6)24-22(29)18-13-12-14-19(15-18)33(31,32)27(10-3)11-4/h12-15,17,21H,8-11,16H2,1-7H3,(H,24,29)/t21-/m0/s1. The summed E-state index contributed by atoms with van der Waals surface area (Å²) in [7, 11) is -2.19. The van der Waals surface area contributed by atoms with E-state index in [0.717, 1.165) is 0 Å². The molecule has 0 heterocycles. The molecule has 0 aliphatic carbocycles. The van der Waals surface area contributed by atoms with Crippen molar-refractivity contribution in [1.29, 1.82) is 0 Å². The van der Waals surface area contributed by atoms with Crippen molar-refractivity contribution in [2.75, 3.05) is 39.8 Å². The molecule has 0 aliphatic rings. The van der Waals surface area contributed by atoms with Crippen LogP contribution in [0.4, 0.5) is 0 Å². The molecule has 0 aliphatic heterocycles. The van der Waals surface area contributed by atoms with Crippen molar-refractivity contribution in [3.63, 3.8) is 0 Å². The molecular formula is C23H38N4O5S. The molecule has 0 saturated heterocycles. The fourth-order valence-electron chi connectivity index (χ4n) is 3.44. The average molecular weight is 483 g/mol. The van der Waals surface area contributed by atoms with E-state index in [1.807, 2.05) is 13.8 Å². The first-order valence-corrected chi connectivity index (χ1v) is 12.8. The Morgan fingerprint density at radius 2 is 1.55 bits per heavy atom. The van der Waals surface area contributed by atoms with Crippen LogP contribution in [0, 0.1) is 5.92 Å². The van der Waals surface area contributed by atoms with Gasteiger partial charge in [0.25, 0.3) is 5.91 Å². The van der Waals surface area contributed by atoms with E-state index in [1.165, 1.54) is 40.5 Å². The minimum Gasteiger partial charge on any atom is -0.342 e. The zero-order chi connectivity index (χ0) is 25.3. The van der Waals surface area contributed by atoms with E-state index < -0.39 is 22.0 Å². The van der Waals surface area contributed by atoms with E-state index in [4.69, 9.17) is 0 Å². The van der Waals surface area contributed by atoms with Crippen LogP contribution >= 0.6 is 0 Å². The van der Waals surface area contributed by atoms with E-state index in [9.17, 15) is 22.8 Å². The quantitative estimate of drug-likeness (QED) is 0.489. The third kappa shape index (κ3) is 7.26. The number of likely N-dealkylation sites (N-methyl/N-ethyl adjacent to an activating group) is 2. The summed E-state index contributed by atoms with van der Waals surface area (Å²) in [6, 6.07) is 4.91. The van der Waals surface area contributed by atoms with Gasteiger partial charge in [-0.25, -0.2) is 8.42 Å². The maximum absolute atomic E-state index is 13.0. The van der Waals surface area contributed by atoms with Crippen LogP contribution < -0.4 is 5.32 Å². The molecule has 0 bridgehead atoms. The number of hydrogen-bond donors (Lipinski definition) is 1. The lowest BCUT2D eigenvalue weighted by Crippen LogP contribution is -2.52. The van der Waals surface area contributed by atoms with Crippen molar-refractivity contribution in [1.82, 2.24) is 19.4 Å². The summed E-state index contributed by atoms with van der Waals surface area (Å²) in [6.45, 7) is 12.5. The normalized spacial score (nSPS) is 12.5. The first-order chi connectivity index (χ1) is 15.4. The fourth-order valence-corrected chi connectivity index (χ4v) is 4.95. The third-order valence-corrected chi connectivity index (χ3v) is 7.57. The highest BCUT2D eigenvalue weighted by Crippen LogP contribution is 2.17. The maximum atomic E-state index is 13.0. The van der Waals surface area contributed by atoms with Crippen molar-refractivity contribution in [2.45, 2.75) is 52.5 Å². The molecule has 9 nitrogen and oxygen atoms in total. The number of sulfonamides is 1. The van der Waals surface area contributed by atoms with Crippen molar-refractivity contribution in [2.24, 2.45) is 5.92 Å². The molecule has 10 heteroatoms. The van der Waals surface area contributed by atoms with Crippen molar-refractivity contribution >= 4 is 27.7 Å². The van der Waals surface area contributed by atoms with Crippen LogP contribution in [0.3, 0.4) is 0 Å². The number of benzene rings is 1. The lowest BCUT2D eigenvalue weighted by Gasteiger charge is -2.28. The molecule has 1 atom stereocenters. The topological polar surface area (TPSA) is 107 Å². The molecule has 3 amide bonds. The number of nitrogens with one attached hydrogen (secondary N) is 1. The lowest BCUT2D eigenvalue weighted by atomic mass is 10.0. The van der Waals surface area contributed by atoms with Gasteiger partial charge in [-0.1, -0.05) is 33.8 Å². The molecule has 1 aromatic carbocycles. The molecule has 0 unspecified atom stereocenters. The van der Waals surface area contributed by atoms with Crippen LogP contribution in [0.2, 0.25) is 0 Å². The number of rotatable bonds is 12. The van der Waals surface area contributed by atoms with Gasteiger partial charge < -0.3 is 15.1 Å². The van der Waals surface area contributed by atoms with Crippen molar-refractivity contribution in [3.05, 3.63) is 29.8 Å². The first kappa shape index (κ1) is 28.6. The Morgan fingerprint density at radius 1 is 0.970 bits per heavy atom. The van der Waals surface area contributed by atoms with E-state index in [-0.39, 0.29) is 34.7 Å². The molecule has 0 spiro atoms. The molecule has 1 aromatic rings. The van der Waals surface area contributed by atoms with Gasteiger partial charge >= 0.3 is 0 Å². The summed E-state index contributed by atoms with van der Waals surface area (Å²) >= 11 is 0. The monoisotopic (exact) mass is 482 g/mol. The highest BCUT2D eigenvalue weighted by Gasteiger charge is 2.29. The maximum Gasteiger partial charge on any atom is 0.251 e. The van der Waals surface area contributed by atoms with Gasteiger partial charge in [-0.15, -0.1) is 0 Å². The van der Waals surface area contributed by atoms with Gasteiger partial charge in [0, 0.05) is 38.8 Å². The second-order valence-electron chi connectivity index (χ2n) is 8.07. The number of carbonyl (C=O) groups excluding carboxylic acids is 3. The van der Waals surface area contributed by atoms with Crippen LogP contribution in [0.1, 0.15) is 51.9 Å². The molecule has 0 radical (unpaired) electrons. The molecule has 0 saturated carbocycles. The molecule has 186 valence electrons. The Balaban J connectivity index is 3.07. The van der Waals surface area contributed by atoms with Gasteiger partial charge in [0.1, 0.15) is 6.04 Å². The van der Waals surface area contributed by atoms with Crippen molar-refractivity contribution in [3.8, 4) is 0 Å². The van der Waals surface area contributed by atoms with Crippen LogP contribution in [0.25, 0.3) is 0 Å². The highest BCUT2D eigenvalue weighted by atomic mass is 32.2. The predicted molar refractivity (Wildman–Crippen MR) is 128 cm³/mol. The minimum atomic E-state index is -3.72. The van der Waals surface area contributed by atoms with Crippen LogP contribution in [0.15, 0.2) is 29.2 Å². The van der Waals surface area contributed by atoms with Gasteiger partial charge in [-0.3, -0.25) is 14.4 Å². The predicted octanol–water partition coefficient (Wildman–Crippen LogP) is 1.80. The Kier molecular flexibility index (Phi) is 11.0. The molecule has 0 aromatic heterocycles. The van der Waals surface area contributed by atoms with Gasteiger partial charge in [-0.2, -0.15) is 4.31 Å². The molecule has 33 heavy (non-hydrogen) atoms. The third-order valence-electron chi connectivity index (χ3n) is 5.52. The number of nitrogens with zero attached hydrogens (tertiary/aromatic N) is 3. The summed E-state index contributed by atoms with van der Waals surface area (Å²) in [5, 5.41) is 2.72. The molecule has 0 fully saturated rings. The number of hydrogen-bond acceptors (Lipinski definition) is 5. The second-order valence-corrected chi connectivity index (χ2v) is 10.0. The van der Waals surface area contributed by atoms with Gasteiger partial charge in [0.05, 0.1) is 11.4 Å². The average Bonchev–Trinajstić information content (AvgIpc) is 2.78. The van der Waals surface area contributed by atoms with E-state index in [2.05, 4.69) is 5.32 Å². The summed E-state index contributed by atoms with van der Waals surface area (Å²) in [4.78, 5) is 41.3. The minimum absolute atomic E-state index is 0.0215. The van der Waals surface area contributed by atoms with Gasteiger partial charge in [0.2, 0.25) is 21.8 Å². The van der Waals surface area contributed by atoms with E-state index >= 15 is 0 Å². The Hall–Kier alpha value is -2.46. The summed E-state index contributed by atoms with van der Waals surface area (Å²) in [5.74, 6) is -1.35. The zero-order valence-corrected chi connectivity index (χ0v) is 21.6. The van der Waals surface area contributed by atoms with Crippen LogP contribution in [0.5, 0.6) is 0 Å². The van der Waals surface area contributed by atoms with Gasteiger partial charge in [-0.05, 0) is 38.0 Å². The highest BCUT2D eigenvalue weighted by molar-refractivity contribution is 7.89. The Morgan fingerprint density at radius 3 is 2.03 bits per heavy atom. The first-order valence-electron chi connectivity index (χ1n) is 11.4. The number of amides is 3. The molecule has 1 N–H and O–H groups in total. The summed E-state index contributed by atoms with van der Waals surface area (Å²) in [6.07, 6.45) is 0. The zero-order valence-electron chi connectivity index (χ0n) is 20.8. The smallest absolute Gasteiger partial charge is 0.251 e. The van der Waals surface area contributed by atoms with Crippen LogP contribution in [-0.4, -0.2) is 86.1 Å². The summed E-state index contributed by atoms with van der Waals surface area (Å²) in [5.41, 5.74) is 0.142. The van der Waals surface area contributed by atoms with E-state index in [1.54, 1.807) is 32.6 Å². The molecular weight excluding hydrogens is 444 g/mol. The van der Waals surface area contributed by atoms with Gasteiger partial charge in [0.15, 0.2) is 0 Å². The number of carbonyl (C=O) groups is 3.